The van der Waals surface area contributed by atoms with Crippen molar-refractivity contribution < 1.29 is 19.1 Å². The number of aromatic nitrogens is 1. The van der Waals surface area contributed by atoms with Gasteiger partial charge in [0.2, 0.25) is 0 Å². The van der Waals surface area contributed by atoms with E-state index in [4.69, 9.17) is 14.5 Å². The van der Waals surface area contributed by atoms with Crippen molar-refractivity contribution in [3.05, 3.63) is 28.8 Å². The number of hydrogen-bond acceptors (Lipinski definition) is 6. The van der Waals surface area contributed by atoms with Crippen LogP contribution >= 0.6 is 11.3 Å². The molecule has 5 rings (SSSR count). The van der Waals surface area contributed by atoms with E-state index >= 15 is 0 Å². The van der Waals surface area contributed by atoms with E-state index in [0.29, 0.717) is 31.0 Å². The number of nitrogens with zero attached hydrogens (tertiary/aromatic N) is 1. The lowest BCUT2D eigenvalue weighted by Crippen LogP contribution is -2.39. The smallest absolute Gasteiger partial charge is 0.305 e. The highest BCUT2D eigenvalue weighted by atomic mass is 32.1. The van der Waals surface area contributed by atoms with Gasteiger partial charge in [0.05, 0.1) is 20.8 Å². The number of ether oxygens (including phenoxy) is 2. The zero-order valence-electron chi connectivity index (χ0n) is 21.7. The molecule has 1 aliphatic carbocycles. The van der Waals surface area contributed by atoms with Crippen LogP contribution in [-0.4, -0.2) is 34.5 Å². The summed E-state index contributed by atoms with van der Waals surface area (Å²) >= 11 is 1.70. The molecule has 5 nitrogen and oxygen atoms in total. The van der Waals surface area contributed by atoms with Crippen molar-refractivity contribution in [1.82, 2.24) is 4.98 Å². The molecule has 1 spiro atoms. The number of rotatable bonds is 1. The van der Waals surface area contributed by atoms with Crippen LogP contribution in [0.4, 0.5) is 0 Å². The summed E-state index contributed by atoms with van der Waals surface area (Å²) in [7, 11) is 0. The molecule has 0 bridgehead atoms. The Morgan fingerprint density at radius 3 is 2.57 bits per heavy atom. The monoisotopic (exact) mass is 497 g/mol. The molecule has 35 heavy (non-hydrogen) atoms. The quantitative estimate of drug-likeness (QED) is 0.317. The minimum atomic E-state index is -0.391. The number of hydrogen-bond donors (Lipinski definition) is 0. The van der Waals surface area contributed by atoms with Crippen LogP contribution in [0.1, 0.15) is 101 Å². The number of epoxide rings is 1. The summed E-state index contributed by atoms with van der Waals surface area (Å²) < 4.78 is 13.6. The lowest BCUT2D eigenvalue weighted by Gasteiger charge is -2.40. The fourth-order valence-corrected chi connectivity index (χ4v) is 7.27. The zero-order valence-corrected chi connectivity index (χ0v) is 22.5. The minimum absolute atomic E-state index is 0.0625. The molecule has 0 radical (unpaired) electrons. The van der Waals surface area contributed by atoms with Gasteiger partial charge in [-0.05, 0) is 76.5 Å². The molecule has 6 heteroatoms. The van der Waals surface area contributed by atoms with Crippen molar-refractivity contribution in [1.29, 1.82) is 0 Å². The highest BCUT2D eigenvalue weighted by molar-refractivity contribution is 7.18. The standard InChI is InChI=1S/C29H39NO4S/c1-19-7-5-13-27(3)28(4,34-27)22(21-9-10-24-23(17-21)30-20(2)35-24)18-33-26(32)12-16-29(14-6-15-29)25(31)11-8-19/h9-10,17,19,22H,5-8,11-16,18H2,1-4H3. The van der Waals surface area contributed by atoms with Gasteiger partial charge in [-0.1, -0.05) is 32.3 Å². The van der Waals surface area contributed by atoms with E-state index in [1.807, 2.05) is 6.92 Å². The van der Waals surface area contributed by atoms with Gasteiger partial charge in [0.1, 0.15) is 18.0 Å². The number of benzene rings is 1. The molecule has 1 aromatic heterocycles. The van der Waals surface area contributed by atoms with Crippen LogP contribution in [0.3, 0.4) is 0 Å². The second-order valence-corrected chi connectivity index (χ2v) is 13.0. The third-order valence-electron chi connectivity index (χ3n) is 9.37. The van der Waals surface area contributed by atoms with Crippen LogP contribution in [0.25, 0.3) is 10.2 Å². The molecule has 2 saturated heterocycles. The Morgan fingerprint density at radius 2 is 1.83 bits per heavy atom. The van der Waals surface area contributed by atoms with E-state index in [9.17, 15) is 9.59 Å². The number of thiazole rings is 1. The Morgan fingerprint density at radius 1 is 1.03 bits per heavy atom. The molecule has 3 fully saturated rings. The van der Waals surface area contributed by atoms with Crippen molar-refractivity contribution in [2.24, 2.45) is 11.3 Å². The summed E-state index contributed by atoms with van der Waals surface area (Å²) in [5, 5.41) is 1.05. The molecule has 0 N–H and O–H groups in total. The first-order valence-electron chi connectivity index (χ1n) is 13.4. The van der Waals surface area contributed by atoms with E-state index < -0.39 is 5.60 Å². The maximum Gasteiger partial charge on any atom is 0.305 e. The summed E-state index contributed by atoms with van der Waals surface area (Å²) in [4.78, 5) is 30.7. The summed E-state index contributed by atoms with van der Waals surface area (Å²) in [5.74, 6) is 0.623. The molecule has 1 aromatic carbocycles. The molecule has 1 saturated carbocycles. The van der Waals surface area contributed by atoms with Gasteiger partial charge in [0, 0.05) is 24.2 Å². The Kier molecular flexibility index (Phi) is 6.58. The van der Waals surface area contributed by atoms with Crippen LogP contribution < -0.4 is 0 Å². The molecule has 4 unspecified atom stereocenters. The van der Waals surface area contributed by atoms with Crippen molar-refractivity contribution in [2.45, 2.75) is 109 Å². The van der Waals surface area contributed by atoms with E-state index in [2.05, 4.69) is 39.0 Å². The third kappa shape index (κ3) is 4.69. The van der Waals surface area contributed by atoms with E-state index in [1.54, 1.807) is 11.3 Å². The molecule has 2 aliphatic heterocycles. The average molecular weight is 498 g/mol. The Hall–Kier alpha value is -1.79. The van der Waals surface area contributed by atoms with Crippen LogP contribution in [-0.2, 0) is 19.1 Å². The van der Waals surface area contributed by atoms with Gasteiger partial charge in [0.25, 0.3) is 0 Å². The summed E-state index contributed by atoms with van der Waals surface area (Å²) in [5.41, 5.74) is 1.18. The highest BCUT2D eigenvalue weighted by Crippen LogP contribution is 2.58. The molecule has 3 heterocycles. The number of ketones is 1. The van der Waals surface area contributed by atoms with Crippen LogP contribution in [0.2, 0.25) is 0 Å². The van der Waals surface area contributed by atoms with Gasteiger partial charge in [-0.15, -0.1) is 11.3 Å². The Labute approximate surface area is 213 Å². The highest BCUT2D eigenvalue weighted by Gasteiger charge is 2.67. The van der Waals surface area contributed by atoms with Crippen molar-refractivity contribution >= 4 is 33.3 Å². The predicted molar refractivity (Wildman–Crippen MR) is 139 cm³/mol. The molecular weight excluding hydrogens is 458 g/mol. The molecule has 2 aromatic rings. The Bertz CT molecular complexity index is 1120. The fourth-order valence-electron chi connectivity index (χ4n) is 6.47. The summed E-state index contributed by atoms with van der Waals surface area (Å²) in [6.45, 7) is 8.96. The molecular formula is C29H39NO4S. The lowest BCUT2D eigenvalue weighted by molar-refractivity contribution is -0.146. The zero-order chi connectivity index (χ0) is 24.8. The number of cyclic esters (lactones) is 1. The van der Waals surface area contributed by atoms with Gasteiger partial charge in [-0.25, -0.2) is 4.98 Å². The van der Waals surface area contributed by atoms with Crippen molar-refractivity contribution in [3.8, 4) is 0 Å². The largest absolute Gasteiger partial charge is 0.465 e. The SMILES string of the molecule is Cc1nc2cc(C3COC(=O)CCC4(CCC4)C(=O)CCC(C)CCCC4(C)OC34C)ccc2s1. The Balaban J connectivity index is 1.40. The van der Waals surface area contributed by atoms with Gasteiger partial charge in [-0.3, -0.25) is 9.59 Å². The molecule has 0 amide bonds. The van der Waals surface area contributed by atoms with Gasteiger partial charge in [0.15, 0.2) is 0 Å². The second-order valence-electron chi connectivity index (χ2n) is 11.7. The first-order chi connectivity index (χ1) is 16.6. The lowest BCUT2D eigenvalue weighted by atomic mass is 9.62. The number of esters is 1. The van der Waals surface area contributed by atoms with Crippen molar-refractivity contribution in [3.63, 3.8) is 0 Å². The molecule has 4 atom stereocenters. The van der Waals surface area contributed by atoms with E-state index in [0.717, 1.165) is 61.0 Å². The molecule has 190 valence electrons. The van der Waals surface area contributed by atoms with Gasteiger partial charge in [-0.2, -0.15) is 0 Å². The van der Waals surface area contributed by atoms with Gasteiger partial charge < -0.3 is 9.47 Å². The van der Waals surface area contributed by atoms with Crippen LogP contribution in [0.5, 0.6) is 0 Å². The fraction of sp³-hybridized carbons (Fsp3) is 0.690. The van der Waals surface area contributed by atoms with Crippen LogP contribution in [0, 0.1) is 18.3 Å². The maximum atomic E-state index is 13.1. The molecule has 3 aliphatic rings. The number of Topliss-reactive ketones (excluding diaryl/α,β-unsaturated/α-hetero) is 1. The number of fused-ring (bicyclic) bond motifs is 2. The summed E-state index contributed by atoms with van der Waals surface area (Å²) in [6, 6.07) is 6.42. The summed E-state index contributed by atoms with van der Waals surface area (Å²) in [6.07, 6.45) is 8.60. The number of aryl methyl sites for hydroxylation is 1. The van der Waals surface area contributed by atoms with Crippen LogP contribution in [0.15, 0.2) is 18.2 Å². The van der Waals surface area contributed by atoms with E-state index in [1.165, 1.54) is 4.70 Å². The number of carbonyl (C=O) groups is 2. The average Bonchev–Trinajstić information content (AvgIpc) is 3.12. The number of carbonyl (C=O) groups excluding carboxylic acids is 2. The maximum absolute atomic E-state index is 13.1. The first kappa shape index (κ1) is 24.9. The minimum Gasteiger partial charge on any atom is -0.465 e. The topological polar surface area (TPSA) is 68.8 Å². The van der Waals surface area contributed by atoms with E-state index in [-0.39, 0.29) is 29.5 Å². The van der Waals surface area contributed by atoms with Crippen molar-refractivity contribution in [2.75, 3.05) is 6.61 Å². The second kappa shape index (κ2) is 9.26. The first-order valence-corrected chi connectivity index (χ1v) is 14.2. The normalized spacial score (nSPS) is 34.3. The predicted octanol–water partition coefficient (Wildman–Crippen LogP) is 6.90. The van der Waals surface area contributed by atoms with Gasteiger partial charge >= 0.3 is 5.97 Å². The third-order valence-corrected chi connectivity index (χ3v) is 10.3.